The monoisotopic (exact) mass is 572 g/mol. The molecular weight excluding hydrogens is 535 g/mol. The summed E-state index contributed by atoms with van der Waals surface area (Å²) in [5.41, 5.74) is 2.97. The van der Waals surface area contributed by atoms with Crippen molar-refractivity contribution in [2.45, 2.75) is 31.7 Å². The summed E-state index contributed by atoms with van der Waals surface area (Å²) < 4.78 is 21.2. The average Bonchev–Trinajstić information content (AvgIpc) is 3.77. The lowest BCUT2D eigenvalue weighted by molar-refractivity contribution is -0.118. The van der Waals surface area contributed by atoms with Crippen LogP contribution in [0.15, 0.2) is 66.3 Å². The normalized spacial score (nSPS) is 16.2. The maximum absolute atomic E-state index is 13.2. The molecule has 0 bridgehead atoms. The van der Waals surface area contributed by atoms with Crippen molar-refractivity contribution < 1.29 is 18.7 Å². The van der Waals surface area contributed by atoms with Crippen molar-refractivity contribution in [3.63, 3.8) is 0 Å². The first kappa shape index (κ1) is 29.2. The zero-order valence-corrected chi connectivity index (χ0v) is 23.8. The Labute approximate surface area is 245 Å². The summed E-state index contributed by atoms with van der Waals surface area (Å²) in [4.78, 5) is 32.2. The lowest BCUT2D eigenvalue weighted by atomic mass is 10.1. The fourth-order valence-electron chi connectivity index (χ4n) is 5.07. The molecule has 2 fully saturated rings. The van der Waals surface area contributed by atoms with Gasteiger partial charge in [0.2, 0.25) is 0 Å². The highest BCUT2D eigenvalue weighted by atomic mass is 19.1. The van der Waals surface area contributed by atoms with Crippen molar-refractivity contribution in [2.24, 2.45) is 0 Å². The molecule has 1 aliphatic heterocycles. The first-order valence-corrected chi connectivity index (χ1v) is 14.4. The van der Waals surface area contributed by atoms with Crippen molar-refractivity contribution in [2.75, 3.05) is 39.8 Å². The fourth-order valence-corrected chi connectivity index (χ4v) is 5.07. The number of imidazole rings is 1. The summed E-state index contributed by atoms with van der Waals surface area (Å²) in [6, 6.07) is 12.9. The number of aromatic nitrogens is 2. The largest absolute Gasteiger partial charge is 0.457 e. The van der Waals surface area contributed by atoms with E-state index in [-0.39, 0.29) is 17.2 Å². The van der Waals surface area contributed by atoms with Gasteiger partial charge in [0.25, 0.3) is 5.91 Å². The van der Waals surface area contributed by atoms with E-state index in [1.807, 2.05) is 12.4 Å². The van der Waals surface area contributed by atoms with E-state index in [1.165, 1.54) is 12.1 Å². The van der Waals surface area contributed by atoms with Crippen LogP contribution in [0.2, 0.25) is 0 Å². The minimum atomic E-state index is -0.455. The summed E-state index contributed by atoms with van der Waals surface area (Å²) >= 11 is 0. The molecule has 5 rings (SSSR count). The molecule has 10 heteroatoms. The van der Waals surface area contributed by atoms with E-state index in [1.54, 1.807) is 49.5 Å². The molecule has 1 aromatic heterocycles. The Hall–Kier alpha value is -4.28. The number of hydrogen-bond acceptors (Lipinski definition) is 7. The van der Waals surface area contributed by atoms with Crippen LogP contribution in [-0.2, 0) is 16.1 Å². The zero-order valence-electron chi connectivity index (χ0n) is 23.8. The first-order valence-electron chi connectivity index (χ1n) is 14.4. The standard InChI is InChI=1S/C32H37FN6O3/c1-34-30(19-23-4-2-5-28(18-23)42-27-10-8-25(33)9-11-27)32(41)37-26(21-40)20-29-31(24-6-7-24)39(22-36-29)15-3-14-38-16-12-35-13-17-38/h2,4-5,8-11,18-22,24,34-35H,3,6-7,12-17H2,1H3,(H,37,41)/b26-20-,30-19-. The number of aldehydes is 1. The van der Waals surface area contributed by atoms with Crippen LogP contribution in [0.25, 0.3) is 12.2 Å². The van der Waals surface area contributed by atoms with E-state index in [4.69, 9.17) is 4.74 Å². The van der Waals surface area contributed by atoms with Gasteiger partial charge >= 0.3 is 0 Å². The molecule has 1 saturated carbocycles. The van der Waals surface area contributed by atoms with Crippen molar-refractivity contribution in [3.8, 4) is 11.5 Å². The number of likely N-dealkylation sites (N-methyl/N-ethyl adjacent to an activating group) is 1. The summed E-state index contributed by atoms with van der Waals surface area (Å²) in [7, 11) is 1.64. The average molecular weight is 573 g/mol. The number of nitrogens with one attached hydrogen (secondary N) is 3. The second-order valence-corrected chi connectivity index (χ2v) is 10.5. The Kier molecular flexibility index (Phi) is 9.78. The molecule has 2 heterocycles. The highest BCUT2D eigenvalue weighted by molar-refractivity contribution is 6.01. The Bertz CT molecular complexity index is 1440. The fraction of sp³-hybridized carbons (Fsp3) is 0.344. The third-order valence-electron chi connectivity index (χ3n) is 7.36. The Morgan fingerprint density at radius 3 is 2.60 bits per heavy atom. The molecular formula is C32H37FN6O3. The number of piperazine rings is 1. The van der Waals surface area contributed by atoms with E-state index < -0.39 is 5.91 Å². The molecule has 1 saturated heterocycles. The second kappa shape index (κ2) is 14.1. The SMILES string of the molecule is CN/C(=C\c1cccc(Oc2ccc(F)cc2)c1)C(=O)N/C(C=O)=C\c1ncn(CCCN2CCNCC2)c1C1CC1. The van der Waals surface area contributed by atoms with Crippen LogP contribution in [0.1, 0.15) is 42.1 Å². The maximum Gasteiger partial charge on any atom is 0.271 e. The molecule has 1 aliphatic carbocycles. The van der Waals surface area contributed by atoms with Gasteiger partial charge in [-0.05, 0) is 79.9 Å². The number of allylic oxidation sites excluding steroid dienone is 1. The number of rotatable bonds is 13. The highest BCUT2D eigenvalue weighted by Gasteiger charge is 2.30. The van der Waals surface area contributed by atoms with Crippen LogP contribution in [0.3, 0.4) is 0 Å². The lowest BCUT2D eigenvalue weighted by Gasteiger charge is -2.27. The van der Waals surface area contributed by atoms with Crippen LogP contribution < -0.4 is 20.7 Å². The van der Waals surface area contributed by atoms with E-state index in [9.17, 15) is 14.0 Å². The van der Waals surface area contributed by atoms with Gasteiger partial charge in [-0.3, -0.25) is 9.59 Å². The number of aryl methyl sites for hydroxylation is 1. The Balaban J connectivity index is 1.25. The van der Waals surface area contributed by atoms with Gasteiger partial charge in [0.15, 0.2) is 6.29 Å². The Morgan fingerprint density at radius 1 is 1.10 bits per heavy atom. The van der Waals surface area contributed by atoms with Crippen LogP contribution >= 0.6 is 0 Å². The van der Waals surface area contributed by atoms with E-state index >= 15 is 0 Å². The maximum atomic E-state index is 13.2. The highest BCUT2D eigenvalue weighted by Crippen LogP contribution is 2.42. The quantitative estimate of drug-likeness (QED) is 0.211. The van der Waals surface area contributed by atoms with Gasteiger partial charge in [0, 0.05) is 51.4 Å². The van der Waals surface area contributed by atoms with Gasteiger partial charge in [-0.2, -0.15) is 0 Å². The van der Waals surface area contributed by atoms with Gasteiger partial charge in [-0.15, -0.1) is 0 Å². The summed E-state index contributed by atoms with van der Waals surface area (Å²) in [5.74, 6) is 0.669. The number of amides is 1. The molecule has 0 radical (unpaired) electrons. The van der Waals surface area contributed by atoms with Gasteiger partial charge in [-0.25, -0.2) is 9.37 Å². The number of benzene rings is 2. The molecule has 42 heavy (non-hydrogen) atoms. The number of ether oxygens (including phenoxy) is 1. The van der Waals surface area contributed by atoms with Gasteiger partial charge < -0.3 is 30.2 Å². The Morgan fingerprint density at radius 2 is 1.88 bits per heavy atom. The van der Waals surface area contributed by atoms with Gasteiger partial charge in [-0.1, -0.05) is 12.1 Å². The predicted molar refractivity (Wildman–Crippen MR) is 160 cm³/mol. The summed E-state index contributed by atoms with van der Waals surface area (Å²) in [6.07, 6.45) is 9.05. The summed E-state index contributed by atoms with van der Waals surface area (Å²) in [6.45, 7) is 6.15. The molecule has 220 valence electrons. The summed E-state index contributed by atoms with van der Waals surface area (Å²) in [5, 5.41) is 9.02. The van der Waals surface area contributed by atoms with E-state index in [0.29, 0.717) is 29.3 Å². The van der Waals surface area contributed by atoms with Gasteiger partial charge in [0.05, 0.1) is 17.7 Å². The minimum Gasteiger partial charge on any atom is -0.457 e. The van der Waals surface area contributed by atoms with Crippen molar-refractivity contribution in [1.82, 2.24) is 30.4 Å². The molecule has 0 spiro atoms. The lowest BCUT2D eigenvalue weighted by Crippen LogP contribution is -2.43. The van der Waals surface area contributed by atoms with Crippen LogP contribution in [0.5, 0.6) is 11.5 Å². The van der Waals surface area contributed by atoms with E-state index in [2.05, 4.69) is 30.4 Å². The number of nitrogens with zero attached hydrogens (tertiary/aromatic N) is 3. The number of halogens is 1. The molecule has 2 aliphatic rings. The molecule has 2 aromatic carbocycles. The molecule has 0 atom stereocenters. The molecule has 1 amide bonds. The van der Waals surface area contributed by atoms with Crippen LogP contribution in [0.4, 0.5) is 4.39 Å². The number of carbonyl (C=O) groups is 2. The second-order valence-electron chi connectivity index (χ2n) is 10.5. The zero-order chi connectivity index (χ0) is 29.3. The first-order chi connectivity index (χ1) is 20.5. The van der Waals surface area contributed by atoms with Gasteiger partial charge in [0.1, 0.15) is 23.0 Å². The van der Waals surface area contributed by atoms with Crippen LogP contribution in [-0.4, -0.2) is 66.4 Å². The molecule has 9 nitrogen and oxygen atoms in total. The van der Waals surface area contributed by atoms with Crippen molar-refractivity contribution in [1.29, 1.82) is 0 Å². The minimum absolute atomic E-state index is 0.141. The number of hydrogen-bond donors (Lipinski definition) is 3. The molecule has 3 aromatic rings. The third-order valence-corrected chi connectivity index (χ3v) is 7.36. The predicted octanol–water partition coefficient (Wildman–Crippen LogP) is 3.90. The molecule has 3 N–H and O–H groups in total. The van der Waals surface area contributed by atoms with E-state index in [0.717, 1.165) is 69.9 Å². The molecule has 0 unspecified atom stereocenters. The van der Waals surface area contributed by atoms with Crippen molar-refractivity contribution in [3.05, 3.63) is 89.0 Å². The number of carbonyl (C=O) groups excluding carboxylic acids is 2. The smallest absolute Gasteiger partial charge is 0.271 e. The topological polar surface area (TPSA) is 101 Å². The van der Waals surface area contributed by atoms with Crippen molar-refractivity contribution >= 4 is 24.3 Å². The third kappa shape index (κ3) is 7.92. The van der Waals surface area contributed by atoms with Crippen LogP contribution in [0, 0.1) is 5.82 Å².